The smallest absolute Gasteiger partial charge is 0.150 e. The molecule has 18 heavy (non-hydrogen) atoms. The predicted molar refractivity (Wildman–Crippen MR) is 71.5 cm³/mol. The van der Waals surface area contributed by atoms with Crippen LogP contribution in [0.2, 0.25) is 0 Å². The molecule has 98 valence electrons. The SMILES string of the molecule is CC1CC(C)C(C)N(c2cc(F)cc(C=O)c2)C1. The highest BCUT2D eigenvalue weighted by atomic mass is 19.1. The van der Waals surface area contributed by atoms with Crippen LogP contribution in [0.25, 0.3) is 0 Å². The Morgan fingerprint density at radius 2 is 2.00 bits per heavy atom. The Bertz CT molecular complexity index is 446. The van der Waals surface area contributed by atoms with Crippen molar-refractivity contribution in [3.8, 4) is 0 Å². The molecule has 0 radical (unpaired) electrons. The number of rotatable bonds is 2. The van der Waals surface area contributed by atoms with E-state index in [9.17, 15) is 9.18 Å². The molecule has 0 N–H and O–H groups in total. The highest BCUT2D eigenvalue weighted by Gasteiger charge is 2.29. The van der Waals surface area contributed by atoms with Crippen molar-refractivity contribution in [1.82, 2.24) is 0 Å². The number of carbonyl (C=O) groups is 1. The molecule has 3 unspecified atom stereocenters. The van der Waals surface area contributed by atoms with Crippen molar-refractivity contribution in [2.75, 3.05) is 11.4 Å². The number of hydrogen-bond acceptors (Lipinski definition) is 2. The lowest BCUT2D eigenvalue weighted by molar-refractivity contribution is 0.112. The molecule has 2 rings (SSSR count). The summed E-state index contributed by atoms with van der Waals surface area (Å²) in [6, 6.07) is 4.95. The third-order valence-corrected chi connectivity index (χ3v) is 3.97. The van der Waals surface area contributed by atoms with Gasteiger partial charge < -0.3 is 4.90 Å². The van der Waals surface area contributed by atoms with Gasteiger partial charge in [-0.1, -0.05) is 13.8 Å². The lowest BCUT2D eigenvalue weighted by atomic mass is 9.85. The maximum Gasteiger partial charge on any atom is 0.150 e. The van der Waals surface area contributed by atoms with E-state index in [-0.39, 0.29) is 5.82 Å². The highest BCUT2D eigenvalue weighted by Crippen LogP contribution is 2.31. The largest absolute Gasteiger partial charge is 0.368 e. The fraction of sp³-hybridized carbons (Fsp3) is 0.533. The Morgan fingerprint density at radius 3 is 2.67 bits per heavy atom. The topological polar surface area (TPSA) is 20.3 Å². The van der Waals surface area contributed by atoms with Crippen molar-refractivity contribution in [3.05, 3.63) is 29.6 Å². The standard InChI is InChI=1S/C15H20FNO/c1-10-4-11(2)12(3)17(8-10)15-6-13(9-18)5-14(16)7-15/h5-7,9-12H,4,8H2,1-3H3. The van der Waals surface area contributed by atoms with Gasteiger partial charge in [0, 0.05) is 23.8 Å². The van der Waals surface area contributed by atoms with Gasteiger partial charge in [0.15, 0.2) is 0 Å². The molecule has 0 saturated carbocycles. The van der Waals surface area contributed by atoms with E-state index >= 15 is 0 Å². The second kappa shape index (κ2) is 5.09. The molecule has 0 amide bonds. The number of aldehydes is 1. The molecule has 3 atom stereocenters. The summed E-state index contributed by atoms with van der Waals surface area (Å²) in [6.07, 6.45) is 1.90. The van der Waals surface area contributed by atoms with Gasteiger partial charge in [-0.15, -0.1) is 0 Å². The second-order valence-electron chi connectivity index (χ2n) is 5.57. The van der Waals surface area contributed by atoms with Crippen LogP contribution in [-0.2, 0) is 0 Å². The number of piperidine rings is 1. The van der Waals surface area contributed by atoms with E-state index in [1.54, 1.807) is 6.07 Å². The Balaban J connectivity index is 2.34. The Kier molecular flexibility index (Phi) is 3.69. The predicted octanol–water partition coefficient (Wildman–Crippen LogP) is 3.51. The number of halogens is 1. The Labute approximate surface area is 108 Å². The molecule has 1 aliphatic heterocycles. The van der Waals surface area contributed by atoms with Crippen molar-refractivity contribution in [1.29, 1.82) is 0 Å². The fourth-order valence-corrected chi connectivity index (χ4v) is 2.89. The zero-order valence-electron chi connectivity index (χ0n) is 11.2. The van der Waals surface area contributed by atoms with Crippen LogP contribution in [0.3, 0.4) is 0 Å². The quantitative estimate of drug-likeness (QED) is 0.748. The zero-order valence-corrected chi connectivity index (χ0v) is 11.2. The van der Waals surface area contributed by atoms with Gasteiger partial charge >= 0.3 is 0 Å². The molecule has 1 saturated heterocycles. The van der Waals surface area contributed by atoms with Gasteiger partial charge in [0.05, 0.1) is 0 Å². The molecule has 0 aliphatic carbocycles. The number of benzene rings is 1. The van der Waals surface area contributed by atoms with Gasteiger partial charge in [0.2, 0.25) is 0 Å². The molecule has 0 aromatic heterocycles. The number of carbonyl (C=O) groups excluding carboxylic acids is 1. The van der Waals surface area contributed by atoms with Crippen molar-refractivity contribution in [3.63, 3.8) is 0 Å². The van der Waals surface area contributed by atoms with Gasteiger partial charge in [-0.3, -0.25) is 4.79 Å². The molecule has 0 spiro atoms. The Hall–Kier alpha value is -1.38. The summed E-state index contributed by atoms with van der Waals surface area (Å²) in [6.45, 7) is 7.54. The summed E-state index contributed by atoms with van der Waals surface area (Å²) >= 11 is 0. The van der Waals surface area contributed by atoms with Crippen LogP contribution in [0.1, 0.15) is 37.6 Å². The van der Waals surface area contributed by atoms with Crippen LogP contribution < -0.4 is 4.90 Å². The van der Waals surface area contributed by atoms with Gasteiger partial charge in [-0.25, -0.2) is 4.39 Å². The van der Waals surface area contributed by atoms with E-state index in [4.69, 9.17) is 0 Å². The van der Waals surface area contributed by atoms with Crippen LogP contribution in [0, 0.1) is 17.7 Å². The molecular formula is C15H20FNO. The second-order valence-corrected chi connectivity index (χ2v) is 5.57. The molecule has 3 heteroatoms. The van der Waals surface area contributed by atoms with Gasteiger partial charge in [-0.2, -0.15) is 0 Å². The average Bonchev–Trinajstić information content (AvgIpc) is 2.32. The van der Waals surface area contributed by atoms with Crippen LogP contribution in [0.15, 0.2) is 18.2 Å². The minimum Gasteiger partial charge on any atom is -0.368 e. The van der Waals surface area contributed by atoms with E-state index in [2.05, 4.69) is 25.7 Å². The summed E-state index contributed by atoms with van der Waals surface area (Å²) < 4.78 is 13.5. The van der Waals surface area contributed by atoms with Crippen molar-refractivity contribution in [2.45, 2.75) is 33.2 Å². The van der Waals surface area contributed by atoms with Crippen molar-refractivity contribution < 1.29 is 9.18 Å². The van der Waals surface area contributed by atoms with Gasteiger partial charge in [0.25, 0.3) is 0 Å². The third kappa shape index (κ3) is 2.55. The van der Waals surface area contributed by atoms with Crippen molar-refractivity contribution in [2.24, 2.45) is 11.8 Å². The normalized spacial score (nSPS) is 28.2. The monoisotopic (exact) mass is 249 g/mol. The van der Waals surface area contributed by atoms with E-state index in [1.165, 1.54) is 18.6 Å². The van der Waals surface area contributed by atoms with Gasteiger partial charge in [-0.05, 0) is 43.4 Å². The third-order valence-electron chi connectivity index (χ3n) is 3.97. The molecular weight excluding hydrogens is 229 g/mol. The van der Waals surface area contributed by atoms with E-state index in [1.807, 2.05) is 0 Å². The summed E-state index contributed by atoms with van der Waals surface area (Å²) in [5.74, 6) is 0.837. The van der Waals surface area contributed by atoms with E-state index in [0.29, 0.717) is 29.7 Å². The first-order valence-electron chi connectivity index (χ1n) is 6.53. The van der Waals surface area contributed by atoms with Crippen LogP contribution in [0.4, 0.5) is 10.1 Å². The maximum absolute atomic E-state index is 13.5. The average molecular weight is 249 g/mol. The molecule has 0 bridgehead atoms. The molecule has 1 aliphatic rings. The molecule has 1 fully saturated rings. The summed E-state index contributed by atoms with van der Waals surface area (Å²) in [5.41, 5.74) is 1.23. The lowest BCUT2D eigenvalue weighted by Gasteiger charge is -2.42. The molecule has 1 aromatic rings. The first-order chi connectivity index (χ1) is 8.51. The first-order valence-corrected chi connectivity index (χ1v) is 6.53. The first kappa shape index (κ1) is 13.1. The van der Waals surface area contributed by atoms with Crippen LogP contribution in [0.5, 0.6) is 0 Å². The van der Waals surface area contributed by atoms with Crippen LogP contribution >= 0.6 is 0 Å². The van der Waals surface area contributed by atoms with Gasteiger partial charge in [0.1, 0.15) is 12.1 Å². The minimum absolute atomic E-state index is 0.340. The number of anilines is 1. The van der Waals surface area contributed by atoms with E-state index < -0.39 is 0 Å². The summed E-state index contributed by atoms with van der Waals surface area (Å²) in [5, 5.41) is 0. The van der Waals surface area contributed by atoms with Crippen LogP contribution in [-0.4, -0.2) is 18.9 Å². The molecule has 2 nitrogen and oxygen atoms in total. The zero-order chi connectivity index (χ0) is 13.3. The summed E-state index contributed by atoms with van der Waals surface area (Å²) in [7, 11) is 0. The van der Waals surface area contributed by atoms with Crippen molar-refractivity contribution >= 4 is 12.0 Å². The maximum atomic E-state index is 13.5. The number of nitrogens with zero attached hydrogens (tertiary/aromatic N) is 1. The summed E-state index contributed by atoms with van der Waals surface area (Å²) in [4.78, 5) is 13.0. The Morgan fingerprint density at radius 1 is 1.28 bits per heavy atom. The lowest BCUT2D eigenvalue weighted by Crippen LogP contribution is -2.45. The molecule has 1 aromatic carbocycles. The number of hydrogen-bond donors (Lipinski definition) is 0. The fourth-order valence-electron chi connectivity index (χ4n) is 2.89. The highest BCUT2D eigenvalue weighted by molar-refractivity contribution is 5.77. The molecule has 1 heterocycles. The van der Waals surface area contributed by atoms with E-state index in [0.717, 1.165) is 12.2 Å². The minimum atomic E-state index is -0.340.